The van der Waals surface area contributed by atoms with Crippen LogP contribution in [0.2, 0.25) is 0 Å². The third-order valence-corrected chi connectivity index (χ3v) is 6.14. The number of benzene rings is 1. The van der Waals surface area contributed by atoms with Crippen molar-refractivity contribution < 1.29 is 19.1 Å². The van der Waals surface area contributed by atoms with E-state index in [-0.39, 0.29) is 0 Å². The fraction of sp³-hybridized carbons (Fsp3) is 0.133. The van der Waals surface area contributed by atoms with Crippen LogP contribution in [0.1, 0.15) is 19.3 Å². The molecule has 4 nitrogen and oxygen atoms in total. The van der Waals surface area contributed by atoms with E-state index in [1.165, 1.54) is 0 Å². The molecule has 0 fully saturated rings. The average Bonchev–Trinajstić information content (AvgIpc) is 2.89. The zero-order valence-electron chi connectivity index (χ0n) is 18.6. The molecular weight excluding hydrogens is 424 g/mol. The first-order valence-electron chi connectivity index (χ1n) is 10.9. The highest BCUT2D eigenvalue weighted by Gasteiger charge is 2.49. The summed E-state index contributed by atoms with van der Waals surface area (Å²) in [6.07, 6.45) is 17.3. The highest BCUT2D eigenvalue weighted by Crippen LogP contribution is 2.48. The average molecular weight is 447 g/mol. The standard InChI is InChI=1S/C30H22O4/c1-21-10-9-17-29(22(21)2)34-30(26-14-6-3-11-23(26)18-31,27-15-7-4-12-24(27)19-32)28-16-8-5-13-25(28)20-33/h3-10,14-17H,1-2,11-13H2. The third kappa shape index (κ3) is 3.79. The molecule has 0 aliphatic heterocycles. The van der Waals surface area contributed by atoms with Crippen LogP contribution in [-0.4, -0.2) is 23.4 Å². The molecule has 0 aromatic heterocycles. The maximum atomic E-state index is 12.1. The fourth-order valence-corrected chi connectivity index (χ4v) is 4.43. The molecular formula is C30H22O4. The van der Waals surface area contributed by atoms with E-state index in [1.54, 1.807) is 30.4 Å². The molecule has 3 aliphatic rings. The molecule has 0 unspecified atom stereocenters. The predicted molar refractivity (Wildman–Crippen MR) is 133 cm³/mol. The number of hydrogen-bond donors (Lipinski definition) is 0. The monoisotopic (exact) mass is 446 g/mol. The second-order valence-corrected chi connectivity index (χ2v) is 8.06. The van der Waals surface area contributed by atoms with Gasteiger partial charge in [-0.25, -0.2) is 14.4 Å². The van der Waals surface area contributed by atoms with Crippen LogP contribution < -0.4 is 15.2 Å². The van der Waals surface area contributed by atoms with Gasteiger partial charge in [0.25, 0.3) is 0 Å². The molecule has 0 amide bonds. The van der Waals surface area contributed by atoms with Gasteiger partial charge in [0.05, 0.1) is 0 Å². The summed E-state index contributed by atoms with van der Waals surface area (Å²) in [7, 11) is 0. The molecule has 0 spiro atoms. The minimum absolute atomic E-state index is 0.333. The summed E-state index contributed by atoms with van der Waals surface area (Å²) >= 11 is 0. The molecule has 0 saturated carbocycles. The predicted octanol–water partition coefficient (Wildman–Crippen LogP) is 3.56. The Balaban J connectivity index is 2.18. The van der Waals surface area contributed by atoms with Gasteiger partial charge in [0.1, 0.15) is 23.6 Å². The van der Waals surface area contributed by atoms with Crippen molar-refractivity contribution in [1.29, 1.82) is 0 Å². The van der Waals surface area contributed by atoms with Gasteiger partial charge in [0.2, 0.25) is 0 Å². The molecule has 0 N–H and O–H groups in total. The van der Waals surface area contributed by atoms with E-state index in [0.717, 1.165) is 0 Å². The number of allylic oxidation sites excluding steroid dienone is 9. The fourth-order valence-electron chi connectivity index (χ4n) is 4.43. The van der Waals surface area contributed by atoms with Crippen LogP contribution in [0.15, 0.2) is 106 Å². The summed E-state index contributed by atoms with van der Waals surface area (Å²) in [5.41, 5.74) is 1.03. The van der Waals surface area contributed by atoms with Gasteiger partial charge in [-0.3, -0.25) is 0 Å². The first kappa shape index (κ1) is 22.7. The maximum absolute atomic E-state index is 12.1. The minimum Gasteiger partial charge on any atom is -0.472 e. The Morgan fingerprint density at radius 1 is 0.706 bits per heavy atom. The number of hydrogen-bond acceptors (Lipinski definition) is 4. The largest absolute Gasteiger partial charge is 0.472 e. The van der Waals surface area contributed by atoms with Crippen molar-refractivity contribution in [3.05, 3.63) is 117 Å². The van der Waals surface area contributed by atoms with Gasteiger partial charge in [-0.15, -0.1) is 0 Å². The Labute approximate surface area is 197 Å². The van der Waals surface area contributed by atoms with Crippen LogP contribution in [0, 0.1) is 0 Å². The Hall–Kier alpha value is -4.45. The van der Waals surface area contributed by atoms with Crippen molar-refractivity contribution in [3.8, 4) is 5.75 Å². The molecule has 1 aromatic carbocycles. The Morgan fingerprint density at radius 3 is 1.56 bits per heavy atom. The highest BCUT2D eigenvalue weighted by atomic mass is 16.5. The Morgan fingerprint density at radius 2 is 1.15 bits per heavy atom. The lowest BCUT2D eigenvalue weighted by Crippen LogP contribution is -2.47. The SMILES string of the molecule is C=c1cccc(OC(C2=CC=CCC2=C=O)(C2=CC=CCC2=C=O)C2=CC=CCC2=C=O)c1=C. The molecule has 0 saturated heterocycles. The van der Waals surface area contributed by atoms with E-state index >= 15 is 0 Å². The minimum atomic E-state index is -1.52. The Bertz CT molecular complexity index is 1360. The summed E-state index contributed by atoms with van der Waals surface area (Å²) in [6, 6.07) is 5.36. The van der Waals surface area contributed by atoms with E-state index in [2.05, 4.69) is 13.2 Å². The van der Waals surface area contributed by atoms with Crippen LogP contribution in [0.3, 0.4) is 0 Å². The second-order valence-electron chi connectivity index (χ2n) is 8.06. The summed E-state index contributed by atoms with van der Waals surface area (Å²) in [4.78, 5) is 36.3. The van der Waals surface area contributed by atoms with Gasteiger partial charge >= 0.3 is 0 Å². The molecule has 1 aromatic rings. The normalized spacial score (nSPS) is 18.7. The Kier molecular flexibility index (Phi) is 6.41. The number of carbonyl (C=O) groups excluding carboxylic acids is 3. The lowest BCUT2D eigenvalue weighted by atomic mass is 9.68. The van der Waals surface area contributed by atoms with Crippen LogP contribution in [0.25, 0.3) is 13.2 Å². The van der Waals surface area contributed by atoms with Crippen molar-refractivity contribution in [2.45, 2.75) is 24.9 Å². The van der Waals surface area contributed by atoms with E-state index in [0.29, 0.717) is 68.9 Å². The van der Waals surface area contributed by atoms with Crippen molar-refractivity contribution in [1.82, 2.24) is 0 Å². The third-order valence-electron chi connectivity index (χ3n) is 6.14. The molecule has 0 bridgehead atoms. The van der Waals surface area contributed by atoms with Crippen molar-refractivity contribution in [2.24, 2.45) is 0 Å². The summed E-state index contributed by atoms with van der Waals surface area (Å²) in [5.74, 6) is 6.56. The second kappa shape index (κ2) is 9.58. The van der Waals surface area contributed by atoms with Gasteiger partial charge in [0, 0.05) is 57.9 Å². The molecule has 166 valence electrons. The lowest BCUT2D eigenvalue weighted by Gasteiger charge is -2.42. The van der Waals surface area contributed by atoms with Crippen LogP contribution in [0.4, 0.5) is 0 Å². The molecule has 34 heavy (non-hydrogen) atoms. The van der Waals surface area contributed by atoms with E-state index in [1.807, 2.05) is 60.3 Å². The van der Waals surface area contributed by atoms with Crippen LogP contribution in [-0.2, 0) is 14.4 Å². The van der Waals surface area contributed by atoms with Gasteiger partial charge in [-0.1, -0.05) is 80.0 Å². The molecule has 0 radical (unpaired) electrons. The first-order chi connectivity index (χ1) is 16.6. The van der Waals surface area contributed by atoms with E-state index in [9.17, 15) is 14.4 Å². The zero-order chi connectivity index (χ0) is 24.1. The molecule has 3 aliphatic carbocycles. The van der Waals surface area contributed by atoms with E-state index in [4.69, 9.17) is 4.74 Å². The van der Waals surface area contributed by atoms with Gasteiger partial charge in [-0.2, -0.15) is 0 Å². The van der Waals surface area contributed by atoms with Crippen molar-refractivity contribution in [2.75, 3.05) is 0 Å². The van der Waals surface area contributed by atoms with Gasteiger partial charge in [0.15, 0.2) is 5.60 Å². The lowest BCUT2D eigenvalue weighted by molar-refractivity contribution is 0.187. The molecule has 4 heteroatoms. The quantitative estimate of drug-likeness (QED) is 0.649. The highest BCUT2D eigenvalue weighted by molar-refractivity contribution is 5.79. The van der Waals surface area contributed by atoms with Gasteiger partial charge in [-0.05, 0) is 11.3 Å². The van der Waals surface area contributed by atoms with Gasteiger partial charge < -0.3 is 4.74 Å². The smallest absolute Gasteiger partial charge is 0.187 e. The van der Waals surface area contributed by atoms with Crippen LogP contribution in [0.5, 0.6) is 5.75 Å². The number of ether oxygens (including phenoxy) is 1. The summed E-state index contributed by atoms with van der Waals surface area (Å²) in [6.45, 7) is 8.14. The first-order valence-corrected chi connectivity index (χ1v) is 10.9. The van der Waals surface area contributed by atoms with Crippen LogP contribution >= 0.6 is 0 Å². The summed E-state index contributed by atoms with van der Waals surface area (Å²) in [5, 5.41) is 1.23. The van der Waals surface area contributed by atoms with Crippen molar-refractivity contribution >= 4 is 31.0 Å². The van der Waals surface area contributed by atoms with E-state index < -0.39 is 5.60 Å². The maximum Gasteiger partial charge on any atom is 0.187 e. The van der Waals surface area contributed by atoms with Crippen molar-refractivity contribution in [3.63, 3.8) is 0 Å². The molecule has 0 heterocycles. The number of rotatable bonds is 5. The molecule has 0 atom stereocenters. The zero-order valence-corrected chi connectivity index (χ0v) is 18.6. The summed E-state index contributed by atoms with van der Waals surface area (Å²) < 4.78 is 6.82. The molecule has 4 rings (SSSR count). The topological polar surface area (TPSA) is 60.4 Å².